The summed E-state index contributed by atoms with van der Waals surface area (Å²) in [6.45, 7) is 2.17. The van der Waals surface area contributed by atoms with Crippen molar-refractivity contribution in [3.63, 3.8) is 0 Å². The highest BCUT2D eigenvalue weighted by Crippen LogP contribution is 2.43. The first-order valence-corrected chi connectivity index (χ1v) is 14.0. The number of rotatable bonds is 3. The number of allylic oxidation sites excluding steroid dienone is 4. The lowest BCUT2D eigenvalue weighted by atomic mass is 9.34. The summed E-state index contributed by atoms with van der Waals surface area (Å²) >= 11 is 0. The minimum Gasteiger partial charge on any atom is -0.458 e. The highest BCUT2D eigenvalue weighted by Gasteiger charge is 2.42. The van der Waals surface area contributed by atoms with Crippen molar-refractivity contribution >= 4 is 28.7 Å². The second-order valence-electron chi connectivity index (χ2n) is 10.8. The van der Waals surface area contributed by atoms with E-state index in [0.29, 0.717) is 0 Å². The Labute approximate surface area is 235 Å². The highest BCUT2D eigenvalue weighted by molar-refractivity contribution is 6.98. The Kier molecular flexibility index (Phi) is 5.31. The van der Waals surface area contributed by atoms with Gasteiger partial charge in [0.05, 0.1) is 0 Å². The molecule has 0 amide bonds. The largest absolute Gasteiger partial charge is 0.458 e. The van der Waals surface area contributed by atoms with E-state index >= 15 is 0 Å². The molecule has 5 aromatic carbocycles. The van der Waals surface area contributed by atoms with E-state index < -0.39 is 0 Å². The van der Waals surface area contributed by atoms with Crippen molar-refractivity contribution in [2.24, 2.45) is 0 Å². The first kappa shape index (κ1) is 23.2. The third kappa shape index (κ3) is 3.58. The van der Waals surface area contributed by atoms with Gasteiger partial charge in [0.2, 0.25) is 0 Å². The summed E-state index contributed by atoms with van der Waals surface area (Å²) in [6, 6.07) is 36.6. The van der Waals surface area contributed by atoms with Gasteiger partial charge in [-0.15, -0.1) is 0 Å². The standard InChI is InChI=1S/C37H27BO2/c1-24-11-8-9-16-28(24)27-19-21-33-32(23-27)38-31-18-10-17-29(25-12-4-2-5-13-25)36(31)40-37-30(26-14-6-3-7-15-26)20-22-34(39-33)35(37)38/h3-4,6-23H,2,5H2,1H3. The molecule has 8 rings (SSSR count). The van der Waals surface area contributed by atoms with E-state index in [0.717, 1.165) is 58.0 Å². The van der Waals surface area contributed by atoms with E-state index in [1.165, 1.54) is 33.2 Å². The zero-order valence-electron chi connectivity index (χ0n) is 22.4. The van der Waals surface area contributed by atoms with Crippen molar-refractivity contribution in [2.45, 2.75) is 19.8 Å². The average molecular weight is 514 g/mol. The van der Waals surface area contributed by atoms with Crippen LogP contribution in [0.3, 0.4) is 0 Å². The fraction of sp³-hybridized carbons (Fsp3) is 0.0811. The minimum atomic E-state index is -0.00162. The molecular weight excluding hydrogens is 487 g/mol. The van der Waals surface area contributed by atoms with Crippen LogP contribution in [0.15, 0.2) is 121 Å². The summed E-state index contributed by atoms with van der Waals surface area (Å²) < 4.78 is 13.6. The Bertz CT molecular complexity index is 1870. The molecule has 5 aromatic rings. The fourth-order valence-electron chi connectivity index (χ4n) is 6.47. The summed E-state index contributed by atoms with van der Waals surface area (Å²) in [5, 5.41) is 0. The van der Waals surface area contributed by atoms with Gasteiger partial charge in [0.25, 0.3) is 6.71 Å². The molecule has 0 unspecified atom stereocenters. The van der Waals surface area contributed by atoms with Crippen molar-refractivity contribution in [3.05, 3.63) is 132 Å². The molecule has 0 fully saturated rings. The van der Waals surface area contributed by atoms with Crippen LogP contribution in [0.4, 0.5) is 0 Å². The third-order valence-corrected chi connectivity index (χ3v) is 8.39. The molecule has 0 radical (unpaired) electrons. The molecule has 2 aliphatic heterocycles. The molecule has 0 saturated heterocycles. The first-order valence-electron chi connectivity index (χ1n) is 14.0. The number of aryl methyl sites for hydroxylation is 1. The SMILES string of the molecule is Cc1ccccc1-c1ccc2c(c1)B1c3cccc(C4=CCCC=C4)c3Oc3c(-c4ccccc4)ccc(c31)O2. The number of hydrogen-bond acceptors (Lipinski definition) is 2. The van der Waals surface area contributed by atoms with E-state index in [9.17, 15) is 0 Å². The fourth-order valence-corrected chi connectivity index (χ4v) is 6.47. The molecule has 2 nitrogen and oxygen atoms in total. The van der Waals surface area contributed by atoms with Gasteiger partial charge >= 0.3 is 0 Å². The van der Waals surface area contributed by atoms with Crippen LogP contribution in [-0.4, -0.2) is 6.71 Å². The molecule has 0 N–H and O–H groups in total. The van der Waals surface area contributed by atoms with Gasteiger partial charge in [-0.05, 0) is 76.7 Å². The molecule has 0 saturated carbocycles. The molecule has 3 aliphatic rings. The lowest BCUT2D eigenvalue weighted by Crippen LogP contribution is -2.57. The molecular formula is C37H27BO2. The van der Waals surface area contributed by atoms with Crippen LogP contribution in [0.2, 0.25) is 0 Å². The van der Waals surface area contributed by atoms with Crippen molar-refractivity contribution < 1.29 is 9.47 Å². The number of hydrogen-bond donors (Lipinski definition) is 0. The molecule has 1 aliphatic carbocycles. The van der Waals surface area contributed by atoms with Crippen LogP contribution >= 0.6 is 0 Å². The smallest absolute Gasteiger partial charge is 0.260 e. The number of fused-ring (bicyclic) bond motifs is 4. The zero-order chi connectivity index (χ0) is 26.6. The Balaban J connectivity index is 1.40. The Morgan fingerprint density at radius 3 is 2.27 bits per heavy atom. The molecule has 40 heavy (non-hydrogen) atoms. The predicted octanol–water partition coefficient (Wildman–Crippen LogP) is 7.79. The number of para-hydroxylation sites is 1. The second-order valence-corrected chi connectivity index (χ2v) is 10.8. The highest BCUT2D eigenvalue weighted by atomic mass is 16.5. The van der Waals surface area contributed by atoms with Crippen LogP contribution in [-0.2, 0) is 0 Å². The molecule has 2 heterocycles. The van der Waals surface area contributed by atoms with Gasteiger partial charge in [-0.25, -0.2) is 0 Å². The van der Waals surface area contributed by atoms with Crippen LogP contribution in [0.25, 0.3) is 27.8 Å². The lowest BCUT2D eigenvalue weighted by Gasteiger charge is -2.35. The van der Waals surface area contributed by atoms with Gasteiger partial charge in [0, 0.05) is 16.6 Å². The summed E-state index contributed by atoms with van der Waals surface area (Å²) in [4.78, 5) is 0. The van der Waals surface area contributed by atoms with E-state index in [-0.39, 0.29) is 6.71 Å². The van der Waals surface area contributed by atoms with E-state index in [1.54, 1.807) is 0 Å². The monoisotopic (exact) mass is 514 g/mol. The van der Waals surface area contributed by atoms with Gasteiger partial charge in [-0.1, -0.05) is 103 Å². The molecule has 190 valence electrons. The summed E-state index contributed by atoms with van der Waals surface area (Å²) in [6.07, 6.45) is 8.96. The van der Waals surface area contributed by atoms with Crippen LogP contribution in [0.1, 0.15) is 24.0 Å². The number of benzene rings is 5. The number of ether oxygens (including phenoxy) is 2. The maximum atomic E-state index is 6.99. The van der Waals surface area contributed by atoms with Gasteiger partial charge in [-0.3, -0.25) is 0 Å². The summed E-state index contributed by atoms with van der Waals surface area (Å²) in [5.41, 5.74) is 11.8. The van der Waals surface area contributed by atoms with Crippen LogP contribution in [0.5, 0.6) is 23.0 Å². The summed E-state index contributed by atoms with van der Waals surface area (Å²) in [5.74, 6) is 3.61. The van der Waals surface area contributed by atoms with Gasteiger partial charge < -0.3 is 9.47 Å². The van der Waals surface area contributed by atoms with E-state index in [1.807, 2.05) is 0 Å². The predicted molar refractivity (Wildman–Crippen MR) is 166 cm³/mol. The molecule has 0 atom stereocenters. The van der Waals surface area contributed by atoms with Gasteiger partial charge in [0.1, 0.15) is 23.0 Å². The topological polar surface area (TPSA) is 18.5 Å². The van der Waals surface area contributed by atoms with Crippen LogP contribution < -0.4 is 25.9 Å². The maximum absolute atomic E-state index is 6.99. The zero-order valence-corrected chi connectivity index (χ0v) is 22.4. The van der Waals surface area contributed by atoms with Gasteiger partial charge in [0.15, 0.2) is 0 Å². The van der Waals surface area contributed by atoms with Gasteiger partial charge in [-0.2, -0.15) is 0 Å². The maximum Gasteiger partial charge on any atom is 0.260 e. The molecule has 0 bridgehead atoms. The summed E-state index contributed by atoms with van der Waals surface area (Å²) in [7, 11) is 0. The van der Waals surface area contributed by atoms with Crippen LogP contribution in [0, 0.1) is 6.92 Å². The molecule has 3 heteroatoms. The van der Waals surface area contributed by atoms with E-state index in [4.69, 9.17) is 9.47 Å². The minimum absolute atomic E-state index is 0.00162. The Hall–Kier alpha value is -4.76. The van der Waals surface area contributed by atoms with Crippen molar-refractivity contribution in [2.75, 3.05) is 0 Å². The van der Waals surface area contributed by atoms with E-state index in [2.05, 4.69) is 128 Å². The first-order chi connectivity index (χ1) is 19.8. The molecule has 0 aromatic heterocycles. The lowest BCUT2D eigenvalue weighted by molar-refractivity contribution is 0.465. The normalized spacial score (nSPS) is 14.3. The van der Waals surface area contributed by atoms with Crippen molar-refractivity contribution in [1.29, 1.82) is 0 Å². The Morgan fingerprint density at radius 2 is 1.43 bits per heavy atom. The molecule has 0 spiro atoms. The van der Waals surface area contributed by atoms with Crippen molar-refractivity contribution in [3.8, 4) is 45.3 Å². The third-order valence-electron chi connectivity index (χ3n) is 8.39. The Morgan fingerprint density at radius 1 is 0.600 bits per heavy atom. The van der Waals surface area contributed by atoms with Crippen molar-refractivity contribution in [1.82, 2.24) is 0 Å². The quantitative estimate of drug-likeness (QED) is 0.224. The second kappa shape index (κ2) is 9.17. The average Bonchev–Trinajstić information content (AvgIpc) is 3.01.